The lowest BCUT2D eigenvalue weighted by Gasteiger charge is -2.33. The van der Waals surface area contributed by atoms with Crippen molar-refractivity contribution in [3.05, 3.63) is 78.5 Å². The molecule has 2 aliphatic heterocycles. The Morgan fingerprint density at radius 3 is 2.48 bits per heavy atom. The molecule has 2 N–H and O–H groups in total. The van der Waals surface area contributed by atoms with Gasteiger partial charge in [-0.25, -0.2) is 18.8 Å². The summed E-state index contributed by atoms with van der Waals surface area (Å²) < 4.78 is 76.3. The fourth-order valence-corrected chi connectivity index (χ4v) is 8.65. The molecule has 6 rings (SSSR count). The number of carboxylic acid groups (broad SMARTS) is 1. The standard InChI is InChI=1S/C35H40ClF3N6O5S.ClH/c1-33(2)22-24(23-40-33)8-7-19-43(25-9-4-3-5-10-25)27-11-6-12-29(41-27)51(48,49)45-30(14-13-26(31(45)36)32(46)47)44-20-15-28(42-44)50-21-18-34(16-17-34)35(37,38)39;/h3-6,9-15,20,24,31,40H,7-8,16-19,21-23H2,1-2H3,(H,46,47);1H/t24-,31?;/m0./s1. The number of rotatable bonds is 14. The number of nitrogens with one attached hydrogen (secondary N) is 1. The zero-order valence-corrected chi connectivity index (χ0v) is 31.0. The van der Waals surface area contributed by atoms with Crippen LogP contribution in [0, 0.1) is 11.3 Å². The van der Waals surface area contributed by atoms with Gasteiger partial charge in [0.05, 0.1) is 17.6 Å². The number of sulfonamides is 1. The minimum Gasteiger partial charge on any atom is -0.478 e. The van der Waals surface area contributed by atoms with E-state index in [0.29, 0.717) is 22.6 Å². The fourth-order valence-electron chi connectivity index (χ4n) is 6.66. The van der Waals surface area contributed by atoms with Gasteiger partial charge >= 0.3 is 12.1 Å². The number of halogens is 5. The van der Waals surface area contributed by atoms with E-state index in [1.165, 1.54) is 30.5 Å². The molecule has 1 saturated carbocycles. The largest absolute Gasteiger partial charge is 0.478 e. The number of allylic oxidation sites excluding steroid dienone is 2. The molecule has 282 valence electrons. The highest BCUT2D eigenvalue weighted by molar-refractivity contribution is 7.89. The number of nitrogens with zero attached hydrogens (tertiary/aromatic N) is 5. The highest BCUT2D eigenvalue weighted by atomic mass is 35.5. The number of benzene rings is 1. The number of pyridine rings is 1. The van der Waals surface area contributed by atoms with E-state index in [1.807, 2.05) is 35.2 Å². The number of ether oxygens (including phenoxy) is 1. The summed E-state index contributed by atoms with van der Waals surface area (Å²) in [6, 6.07) is 15.4. The molecular formula is C35H41Cl2F3N6O5S. The van der Waals surface area contributed by atoms with Crippen molar-refractivity contribution in [1.29, 1.82) is 0 Å². The number of aromatic nitrogens is 3. The van der Waals surface area contributed by atoms with Crippen LogP contribution in [0.4, 0.5) is 24.7 Å². The first-order chi connectivity index (χ1) is 24.1. The summed E-state index contributed by atoms with van der Waals surface area (Å²) >= 11 is 6.60. The normalized spacial score (nSPS) is 20.8. The molecule has 0 spiro atoms. The van der Waals surface area contributed by atoms with Crippen molar-refractivity contribution in [3.8, 4) is 5.88 Å². The van der Waals surface area contributed by atoms with Gasteiger partial charge in [-0.2, -0.15) is 21.6 Å². The number of hydrogen-bond donors (Lipinski definition) is 2. The average molecular weight is 786 g/mol. The van der Waals surface area contributed by atoms with Crippen LogP contribution in [0.1, 0.15) is 52.4 Å². The van der Waals surface area contributed by atoms with E-state index in [-0.39, 0.29) is 60.5 Å². The lowest BCUT2D eigenvalue weighted by Crippen LogP contribution is -2.42. The van der Waals surface area contributed by atoms with Crippen molar-refractivity contribution in [1.82, 2.24) is 24.4 Å². The summed E-state index contributed by atoms with van der Waals surface area (Å²) in [6.07, 6.45) is 2.13. The Balaban J connectivity index is 0.00000523. The maximum absolute atomic E-state index is 14.4. The zero-order valence-electron chi connectivity index (χ0n) is 28.6. The molecule has 2 atom stereocenters. The van der Waals surface area contributed by atoms with E-state index >= 15 is 0 Å². The second-order valence-electron chi connectivity index (χ2n) is 13.9. The molecule has 1 aromatic carbocycles. The number of carbonyl (C=O) groups is 1. The fraction of sp³-hybridized carbons (Fsp3) is 0.457. The van der Waals surface area contributed by atoms with Crippen LogP contribution in [-0.2, 0) is 14.8 Å². The molecule has 0 radical (unpaired) electrons. The number of anilines is 2. The Hall–Kier alpha value is -3.79. The predicted molar refractivity (Wildman–Crippen MR) is 193 cm³/mol. The molecular weight excluding hydrogens is 744 g/mol. The van der Waals surface area contributed by atoms with Crippen LogP contribution < -0.4 is 15.0 Å². The molecule has 1 saturated heterocycles. The average Bonchev–Trinajstić information content (AvgIpc) is 3.61. The van der Waals surface area contributed by atoms with Crippen LogP contribution in [0.15, 0.2) is 83.5 Å². The van der Waals surface area contributed by atoms with Gasteiger partial charge in [0.1, 0.15) is 11.6 Å². The Labute approximate surface area is 311 Å². The first-order valence-corrected chi connectivity index (χ1v) is 18.6. The summed E-state index contributed by atoms with van der Waals surface area (Å²) in [5.74, 6) is -0.713. The second kappa shape index (κ2) is 15.3. The molecule has 17 heteroatoms. The lowest BCUT2D eigenvalue weighted by molar-refractivity contribution is -0.190. The van der Waals surface area contributed by atoms with Gasteiger partial charge in [0, 0.05) is 30.0 Å². The molecule has 1 aliphatic carbocycles. The molecule has 3 aliphatic rings. The number of carboxylic acids is 1. The SMILES string of the molecule is CC1(C)C[C@H](CCCN(c2ccccc2)c2cccc(S(=O)(=O)N3C(n4ccc(OCCC5(C(F)(F)F)CC5)n4)=CC=C(C(=O)O)C3Cl)n2)CN1.Cl. The van der Waals surface area contributed by atoms with Crippen molar-refractivity contribution in [2.75, 3.05) is 24.6 Å². The quantitative estimate of drug-likeness (QED) is 0.129. The Bertz CT molecular complexity index is 1920. The third-order valence-corrected chi connectivity index (χ3v) is 11.9. The van der Waals surface area contributed by atoms with Crippen LogP contribution in [0.25, 0.3) is 5.82 Å². The third kappa shape index (κ3) is 8.37. The molecule has 11 nitrogen and oxygen atoms in total. The molecule has 4 heterocycles. The molecule has 2 fully saturated rings. The van der Waals surface area contributed by atoms with Gasteiger partial charge in [0.15, 0.2) is 10.5 Å². The summed E-state index contributed by atoms with van der Waals surface area (Å²) in [4.78, 5) is 18.6. The summed E-state index contributed by atoms with van der Waals surface area (Å²) in [5, 5.41) is 17.2. The lowest BCUT2D eigenvalue weighted by atomic mass is 9.93. The van der Waals surface area contributed by atoms with Crippen LogP contribution in [0.2, 0.25) is 0 Å². The van der Waals surface area contributed by atoms with E-state index in [1.54, 1.807) is 12.1 Å². The van der Waals surface area contributed by atoms with Gasteiger partial charge in [-0.05, 0) is 101 Å². The van der Waals surface area contributed by atoms with Gasteiger partial charge in [-0.1, -0.05) is 35.9 Å². The molecule has 0 amide bonds. The number of alkyl halides is 4. The van der Waals surface area contributed by atoms with Crippen molar-refractivity contribution in [3.63, 3.8) is 0 Å². The van der Waals surface area contributed by atoms with Crippen molar-refractivity contribution in [2.24, 2.45) is 11.3 Å². The van der Waals surface area contributed by atoms with Crippen LogP contribution >= 0.6 is 24.0 Å². The highest BCUT2D eigenvalue weighted by Gasteiger charge is 2.62. The minimum absolute atomic E-state index is 0. The zero-order chi connectivity index (χ0) is 36.6. The van der Waals surface area contributed by atoms with Crippen LogP contribution in [0.5, 0.6) is 5.88 Å². The predicted octanol–water partition coefficient (Wildman–Crippen LogP) is 7.20. The minimum atomic E-state index is -4.64. The van der Waals surface area contributed by atoms with Crippen molar-refractivity contribution in [2.45, 2.75) is 74.6 Å². The van der Waals surface area contributed by atoms with E-state index in [9.17, 15) is 31.5 Å². The van der Waals surface area contributed by atoms with Crippen molar-refractivity contribution < 1.29 is 36.2 Å². The monoisotopic (exact) mass is 784 g/mol. The summed E-state index contributed by atoms with van der Waals surface area (Å²) in [6.45, 7) is 5.63. The maximum atomic E-state index is 14.4. The third-order valence-electron chi connectivity index (χ3n) is 9.67. The topological polar surface area (TPSA) is 130 Å². The summed E-state index contributed by atoms with van der Waals surface area (Å²) in [7, 11) is -4.64. The van der Waals surface area contributed by atoms with E-state index in [0.717, 1.165) is 36.2 Å². The van der Waals surface area contributed by atoms with Crippen LogP contribution in [-0.4, -0.2) is 75.5 Å². The molecule has 2 aromatic heterocycles. The number of hydrogen-bond acceptors (Lipinski definition) is 8. The van der Waals surface area contributed by atoms with Crippen molar-refractivity contribution >= 4 is 57.3 Å². The van der Waals surface area contributed by atoms with Gasteiger partial charge in [0.25, 0.3) is 10.0 Å². The van der Waals surface area contributed by atoms with Crippen LogP contribution in [0.3, 0.4) is 0 Å². The number of aliphatic carboxylic acids is 1. The van der Waals surface area contributed by atoms with E-state index in [2.05, 4.69) is 29.2 Å². The second-order valence-corrected chi connectivity index (χ2v) is 16.0. The Morgan fingerprint density at radius 1 is 1.12 bits per heavy atom. The highest BCUT2D eigenvalue weighted by Crippen LogP contribution is 2.59. The first-order valence-electron chi connectivity index (χ1n) is 16.7. The van der Waals surface area contributed by atoms with Gasteiger partial charge in [0.2, 0.25) is 5.88 Å². The Morgan fingerprint density at radius 2 is 1.85 bits per heavy atom. The van der Waals surface area contributed by atoms with Gasteiger partial charge in [-0.15, -0.1) is 17.5 Å². The molecule has 52 heavy (non-hydrogen) atoms. The molecule has 0 bridgehead atoms. The van der Waals surface area contributed by atoms with E-state index < -0.39 is 38.7 Å². The number of para-hydroxylation sites is 1. The maximum Gasteiger partial charge on any atom is 0.394 e. The van der Waals surface area contributed by atoms with E-state index in [4.69, 9.17) is 16.3 Å². The van der Waals surface area contributed by atoms with Gasteiger partial charge in [-0.3, -0.25) is 0 Å². The summed E-state index contributed by atoms with van der Waals surface area (Å²) in [5.41, 5.74) is -2.93. The van der Waals surface area contributed by atoms with Gasteiger partial charge < -0.3 is 20.1 Å². The Kier molecular flexibility index (Phi) is 11.6. The molecule has 1 unspecified atom stereocenters. The smallest absolute Gasteiger partial charge is 0.394 e. The molecule has 3 aromatic rings. The first kappa shape index (κ1) is 39.4.